The van der Waals surface area contributed by atoms with Crippen LogP contribution in [0.4, 0.5) is 8.78 Å². The van der Waals surface area contributed by atoms with Crippen LogP contribution in [-0.4, -0.2) is 24.7 Å². The van der Waals surface area contributed by atoms with E-state index >= 15 is 4.39 Å². The van der Waals surface area contributed by atoms with E-state index in [0.29, 0.717) is 30.6 Å². The Morgan fingerprint density at radius 2 is 1.96 bits per heavy atom. The molecule has 4 heteroatoms. The Labute approximate surface area is 154 Å². The molecule has 136 valence electrons. The van der Waals surface area contributed by atoms with E-state index in [4.69, 9.17) is 6.11 Å². The molecule has 2 aromatic rings. The van der Waals surface area contributed by atoms with Crippen LogP contribution >= 0.6 is 0 Å². The van der Waals surface area contributed by atoms with E-state index in [2.05, 4.69) is 4.90 Å². The molecule has 0 N–H and O–H groups in total. The van der Waals surface area contributed by atoms with E-state index in [1.165, 1.54) is 0 Å². The van der Waals surface area contributed by atoms with Gasteiger partial charge in [0, 0.05) is 37.9 Å². The summed E-state index contributed by atoms with van der Waals surface area (Å²) < 4.78 is 42.7. The molecular formula is C22H23F2NO. The van der Waals surface area contributed by atoms with Crippen molar-refractivity contribution in [3.8, 4) is 5.75 Å². The molecule has 0 aromatic heterocycles. The van der Waals surface area contributed by atoms with E-state index in [9.17, 15) is 4.39 Å². The lowest BCUT2D eigenvalue weighted by molar-refractivity contribution is 0.209. The highest BCUT2D eigenvalue weighted by Crippen LogP contribution is 2.55. The minimum Gasteiger partial charge on any atom is -0.497 e. The fourth-order valence-corrected chi connectivity index (χ4v) is 4.36. The van der Waals surface area contributed by atoms with Gasteiger partial charge in [0.25, 0.3) is 0 Å². The number of rotatable bonds is 4. The number of methoxy groups -OCH3 is 1. The van der Waals surface area contributed by atoms with E-state index in [1.807, 2.05) is 30.3 Å². The standard InChI is InChI=1S/C22H23F2NO/c1-26-16-5-2-14(3-6-16)11-25-12-15-4-7-17(18-10-19(18)23)21(24)20(15)22(13-25)8-9-22/h2-7,18-19H,8-13H2,1H3/i12D. The summed E-state index contributed by atoms with van der Waals surface area (Å²) in [4.78, 5) is 2.12. The van der Waals surface area contributed by atoms with Crippen molar-refractivity contribution in [2.24, 2.45) is 0 Å². The van der Waals surface area contributed by atoms with Gasteiger partial charge in [-0.05, 0) is 48.1 Å². The molecule has 0 amide bonds. The van der Waals surface area contributed by atoms with Gasteiger partial charge in [-0.2, -0.15) is 0 Å². The maximum atomic E-state index is 15.3. The molecule has 2 aromatic carbocycles. The lowest BCUT2D eigenvalue weighted by atomic mass is 9.84. The fraction of sp³-hybridized carbons (Fsp3) is 0.455. The van der Waals surface area contributed by atoms with E-state index in [0.717, 1.165) is 29.7 Å². The highest BCUT2D eigenvalue weighted by atomic mass is 19.1. The van der Waals surface area contributed by atoms with E-state index < -0.39 is 12.7 Å². The first-order valence-corrected chi connectivity index (χ1v) is 9.28. The zero-order valence-corrected chi connectivity index (χ0v) is 14.8. The first-order chi connectivity index (χ1) is 13.0. The number of benzene rings is 2. The average Bonchev–Trinajstić information content (AvgIpc) is 3.59. The highest BCUT2D eigenvalue weighted by molar-refractivity contribution is 5.47. The van der Waals surface area contributed by atoms with Gasteiger partial charge in [0.1, 0.15) is 17.7 Å². The van der Waals surface area contributed by atoms with Crippen molar-refractivity contribution in [1.82, 2.24) is 4.90 Å². The third-order valence-electron chi connectivity index (χ3n) is 6.07. The third-order valence-corrected chi connectivity index (χ3v) is 6.07. The topological polar surface area (TPSA) is 12.5 Å². The number of alkyl halides is 1. The normalized spacial score (nSPS) is 29.2. The van der Waals surface area contributed by atoms with Crippen molar-refractivity contribution < 1.29 is 14.9 Å². The summed E-state index contributed by atoms with van der Waals surface area (Å²) in [7, 11) is 1.64. The van der Waals surface area contributed by atoms with Crippen molar-refractivity contribution in [3.63, 3.8) is 0 Å². The van der Waals surface area contributed by atoms with Crippen molar-refractivity contribution in [1.29, 1.82) is 0 Å². The maximum absolute atomic E-state index is 15.3. The molecule has 0 radical (unpaired) electrons. The van der Waals surface area contributed by atoms with Crippen LogP contribution in [0.3, 0.4) is 0 Å². The predicted octanol–water partition coefficient (Wildman–Crippen LogP) is 4.71. The van der Waals surface area contributed by atoms with Crippen LogP contribution in [0.15, 0.2) is 36.4 Å². The van der Waals surface area contributed by atoms with Crippen LogP contribution in [0.2, 0.25) is 0 Å². The van der Waals surface area contributed by atoms with Crippen LogP contribution in [0.25, 0.3) is 0 Å². The summed E-state index contributed by atoms with van der Waals surface area (Å²) in [5, 5.41) is 0. The summed E-state index contributed by atoms with van der Waals surface area (Å²) in [5.41, 5.74) is 2.89. The van der Waals surface area contributed by atoms with E-state index in [1.54, 1.807) is 13.2 Å². The molecule has 1 heterocycles. The van der Waals surface area contributed by atoms with Gasteiger partial charge in [-0.1, -0.05) is 24.3 Å². The summed E-state index contributed by atoms with van der Waals surface area (Å²) in [6.45, 7) is 0.736. The largest absolute Gasteiger partial charge is 0.497 e. The Bertz CT molecular complexity index is 881. The molecule has 0 bridgehead atoms. The van der Waals surface area contributed by atoms with Crippen molar-refractivity contribution >= 4 is 0 Å². The number of nitrogens with zero attached hydrogens (tertiary/aromatic N) is 1. The molecule has 3 atom stereocenters. The van der Waals surface area contributed by atoms with Gasteiger partial charge in [0.15, 0.2) is 0 Å². The predicted molar refractivity (Wildman–Crippen MR) is 96.7 cm³/mol. The second-order valence-corrected chi connectivity index (χ2v) is 7.95. The minimum absolute atomic E-state index is 0.194. The Morgan fingerprint density at radius 1 is 1.23 bits per heavy atom. The van der Waals surface area contributed by atoms with Gasteiger partial charge in [0.05, 0.1) is 7.11 Å². The first kappa shape index (κ1) is 15.2. The Balaban J connectivity index is 1.46. The zero-order chi connectivity index (χ0) is 18.8. The van der Waals surface area contributed by atoms with Gasteiger partial charge in [-0.3, -0.25) is 4.90 Å². The van der Waals surface area contributed by atoms with Crippen LogP contribution in [0.5, 0.6) is 5.75 Å². The summed E-state index contributed by atoms with van der Waals surface area (Å²) in [6, 6.07) is 11.5. The molecule has 2 nitrogen and oxygen atoms in total. The van der Waals surface area contributed by atoms with Crippen LogP contribution in [0, 0.1) is 5.82 Å². The lowest BCUT2D eigenvalue weighted by Gasteiger charge is -2.36. The number of hydrogen-bond donors (Lipinski definition) is 0. The molecule has 1 aliphatic heterocycles. The minimum atomic E-state index is -0.908. The second kappa shape index (κ2) is 5.78. The molecule has 2 saturated carbocycles. The lowest BCUT2D eigenvalue weighted by Crippen LogP contribution is -2.38. The Hall–Kier alpha value is -1.94. The average molecular weight is 356 g/mol. The van der Waals surface area contributed by atoms with Crippen LogP contribution in [-0.2, 0) is 18.5 Å². The van der Waals surface area contributed by atoms with Gasteiger partial charge in [0.2, 0.25) is 0 Å². The molecule has 2 fully saturated rings. The molecule has 2 aliphatic carbocycles. The van der Waals surface area contributed by atoms with Crippen LogP contribution < -0.4 is 4.74 Å². The second-order valence-electron chi connectivity index (χ2n) is 7.95. The molecular weight excluding hydrogens is 332 g/mol. The maximum Gasteiger partial charge on any atom is 0.130 e. The summed E-state index contributed by atoms with van der Waals surface area (Å²) in [5.74, 6) is 0.286. The van der Waals surface area contributed by atoms with Gasteiger partial charge in [-0.15, -0.1) is 0 Å². The van der Waals surface area contributed by atoms with Crippen molar-refractivity contribution in [3.05, 3.63) is 64.5 Å². The fourth-order valence-electron chi connectivity index (χ4n) is 4.36. The highest BCUT2D eigenvalue weighted by Gasteiger charge is 2.52. The van der Waals surface area contributed by atoms with Crippen molar-refractivity contribution in [2.75, 3.05) is 13.7 Å². The smallest absolute Gasteiger partial charge is 0.130 e. The monoisotopic (exact) mass is 356 g/mol. The zero-order valence-electron chi connectivity index (χ0n) is 15.8. The SMILES string of the molecule is [2H]C1c2ccc(C3CC3F)c(F)c2C2(CC2)CN1Cc1ccc(OC)cc1. The van der Waals surface area contributed by atoms with Crippen LogP contribution in [0.1, 0.15) is 48.8 Å². The molecule has 1 spiro atoms. The molecule has 0 saturated heterocycles. The van der Waals surface area contributed by atoms with E-state index in [-0.39, 0.29) is 17.2 Å². The molecule has 26 heavy (non-hydrogen) atoms. The molecule has 3 aliphatic rings. The number of fused-ring (bicyclic) bond motifs is 2. The number of halogens is 2. The Kier molecular flexibility index (Phi) is 3.37. The summed E-state index contributed by atoms with van der Waals surface area (Å²) >= 11 is 0. The number of ether oxygens (including phenoxy) is 1. The molecule has 3 unspecified atom stereocenters. The summed E-state index contributed by atoms with van der Waals surface area (Å²) in [6.07, 6.45) is 1.40. The van der Waals surface area contributed by atoms with Gasteiger partial charge < -0.3 is 4.74 Å². The first-order valence-electron chi connectivity index (χ1n) is 9.86. The van der Waals surface area contributed by atoms with Gasteiger partial charge >= 0.3 is 0 Å². The molecule has 5 rings (SSSR count). The Morgan fingerprint density at radius 3 is 2.58 bits per heavy atom. The van der Waals surface area contributed by atoms with Gasteiger partial charge in [-0.25, -0.2) is 8.78 Å². The third kappa shape index (κ3) is 2.62. The quantitative estimate of drug-likeness (QED) is 0.787. The number of hydrogen-bond acceptors (Lipinski definition) is 2. The van der Waals surface area contributed by atoms with Crippen molar-refractivity contribution in [2.45, 2.75) is 49.8 Å².